The standard InChI is InChI=1S/C19H29NO3/c1-12(2)7-14-11-20-6-5-13-8-18(22-3)19(23-4)9-15(13)16(20)10-17(14)21/h8-9,12,14,16-17,21H,5-7,10-11H2,1-4H3/t14-,16-,17+/m0/s1/i3D3,4D3,17D. The molecule has 23 heavy (non-hydrogen) atoms. The van der Waals surface area contributed by atoms with Crippen LogP contribution < -0.4 is 9.47 Å². The average molecular weight is 326 g/mol. The Morgan fingerprint density at radius 3 is 2.78 bits per heavy atom. The second kappa shape index (κ2) is 6.70. The van der Waals surface area contributed by atoms with Gasteiger partial charge in [-0.1, -0.05) is 13.8 Å². The Morgan fingerprint density at radius 2 is 2.09 bits per heavy atom. The summed E-state index contributed by atoms with van der Waals surface area (Å²) in [6.07, 6.45) is -0.0417. The highest BCUT2D eigenvalue weighted by Crippen LogP contribution is 2.43. The maximum atomic E-state index is 10.8. The van der Waals surface area contributed by atoms with Gasteiger partial charge in [-0.2, -0.15) is 0 Å². The number of fused-ring (bicyclic) bond motifs is 3. The molecule has 3 atom stereocenters. The molecule has 3 rings (SSSR count). The van der Waals surface area contributed by atoms with Gasteiger partial charge in [0.1, 0.15) is 0 Å². The van der Waals surface area contributed by atoms with Gasteiger partial charge in [0.25, 0.3) is 0 Å². The highest BCUT2D eigenvalue weighted by atomic mass is 16.5. The summed E-state index contributed by atoms with van der Waals surface area (Å²) in [5, 5.41) is 10.8. The van der Waals surface area contributed by atoms with E-state index in [9.17, 15) is 5.11 Å². The Balaban J connectivity index is 1.98. The van der Waals surface area contributed by atoms with Gasteiger partial charge in [0.2, 0.25) is 0 Å². The van der Waals surface area contributed by atoms with Crippen molar-refractivity contribution in [2.75, 3.05) is 27.2 Å². The van der Waals surface area contributed by atoms with Crippen molar-refractivity contribution in [3.63, 3.8) is 0 Å². The number of hydrogen-bond donors (Lipinski definition) is 1. The molecule has 0 aliphatic carbocycles. The molecule has 0 unspecified atom stereocenters. The Morgan fingerprint density at radius 1 is 1.35 bits per heavy atom. The third kappa shape index (κ3) is 3.20. The van der Waals surface area contributed by atoms with Crippen molar-refractivity contribution < 1.29 is 24.2 Å². The number of piperidine rings is 1. The van der Waals surface area contributed by atoms with Crippen LogP contribution in [0.5, 0.6) is 11.5 Å². The molecule has 0 spiro atoms. The van der Waals surface area contributed by atoms with Crippen molar-refractivity contribution in [2.45, 2.75) is 45.2 Å². The van der Waals surface area contributed by atoms with E-state index in [1.54, 1.807) is 0 Å². The van der Waals surface area contributed by atoms with E-state index in [4.69, 9.17) is 19.1 Å². The molecule has 0 aromatic heterocycles. The van der Waals surface area contributed by atoms with Crippen LogP contribution in [0.4, 0.5) is 0 Å². The normalized spacial score (nSPS) is 36.3. The average Bonchev–Trinajstić information content (AvgIpc) is 2.53. The number of ether oxygens (including phenoxy) is 2. The number of rotatable bonds is 4. The number of nitrogens with zero attached hydrogens (tertiary/aromatic N) is 1. The van der Waals surface area contributed by atoms with Crippen LogP contribution in [-0.2, 0) is 6.42 Å². The lowest BCUT2D eigenvalue weighted by atomic mass is 9.79. The smallest absolute Gasteiger partial charge is 0.161 e. The molecular formula is C19H29NO3. The van der Waals surface area contributed by atoms with Crippen LogP contribution in [0.2, 0.25) is 0 Å². The summed E-state index contributed by atoms with van der Waals surface area (Å²) in [6.45, 7) is 5.41. The maximum Gasteiger partial charge on any atom is 0.161 e. The first-order valence-corrected chi connectivity index (χ1v) is 8.16. The van der Waals surface area contributed by atoms with Gasteiger partial charge in [-0.3, -0.25) is 4.90 Å². The van der Waals surface area contributed by atoms with Gasteiger partial charge in [0.15, 0.2) is 11.5 Å². The minimum atomic E-state index is -2.78. The zero-order valence-electron chi connectivity index (χ0n) is 20.6. The molecule has 1 aromatic carbocycles. The summed E-state index contributed by atoms with van der Waals surface area (Å²) >= 11 is 0. The number of aliphatic hydroxyl groups is 1. The molecule has 0 saturated carbocycles. The predicted octanol–water partition coefficient (Wildman–Crippen LogP) is 3.03. The minimum absolute atomic E-state index is 0.145. The molecule has 2 aliphatic heterocycles. The van der Waals surface area contributed by atoms with Crippen molar-refractivity contribution in [3.05, 3.63) is 23.3 Å². The van der Waals surface area contributed by atoms with Gasteiger partial charge >= 0.3 is 0 Å². The minimum Gasteiger partial charge on any atom is -0.493 e. The van der Waals surface area contributed by atoms with Crippen LogP contribution in [-0.4, -0.2) is 43.3 Å². The molecule has 2 aliphatic rings. The Bertz CT molecular complexity index is 777. The molecule has 4 heteroatoms. The van der Waals surface area contributed by atoms with Crippen LogP contribution in [0, 0.1) is 11.8 Å². The number of hydrogen-bond acceptors (Lipinski definition) is 4. The van der Waals surface area contributed by atoms with Crippen molar-refractivity contribution in [3.8, 4) is 11.5 Å². The van der Waals surface area contributed by atoms with Crippen LogP contribution in [0.25, 0.3) is 0 Å². The van der Waals surface area contributed by atoms with E-state index in [2.05, 4.69) is 18.7 Å². The van der Waals surface area contributed by atoms with E-state index in [1.807, 2.05) is 0 Å². The van der Waals surface area contributed by atoms with Gasteiger partial charge in [-0.15, -0.1) is 0 Å². The molecular weight excluding hydrogens is 290 g/mol. The summed E-state index contributed by atoms with van der Waals surface area (Å²) in [5.41, 5.74) is 1.55. The molecule has 0 radical (unpaired) electrons. The monoisotopic (exact) mass is 326 g/mol. The largest absolute Gasteiger partial charge is 0.493 e. The Kier molecular flexibility index (Phi) is 2.88. The van der Waals surface area contributed by atoms with Crippen LogP contribution in [0.15, 0.2) is 12.1 Å². The van der Waals surface area contributed by atoms with Gasteiger partial charge in [-0.25, -0.2) is 0 Å². The van der Waals surface area contributed by atoms with Gasteiger partial charge in [0.05, 0.1) is 29.8 Å². The first-order chi connectivity index (χ1) is 13.6. The number of methoxy groups -OCH3 is 2. The zero-order chi connectivity index (χ0) is 22.5. The molecule has 1 fully saturated rings. The topological polar surface area (TPSA) is 41.9 Å². The Labute approximate surface area is 149 Å². The summed E-state index contributed by atoms with van der Waals surface area (Å²) in [7, 11) is -5.53. The maximum absolute atomic E-state index is 10.8. The highest BCUT2D eigenvalue weighted by molar-refractivity contribution is 5.49. The summed E-state index contributed by atoms with van der Waals surface area (Å²) in [4.78, 5) is 2.21. The lowest BCUT2D eigenvalue weighted by molar-refractivity contribution is -0.0191. The molecule has 128 valence electrons. The quantitative estimate of drug-likeness (QED) is 0.923. The molecule has 4 nitrogen and oxygen atoms in total. The van der Waals surface area contributed by atoms with Crippen molar-refractivity contribution >= 4 is 0 Å². The zero-order valence-corrected chi connectivity index (χ0v) is 13.6. The van der Waals surface area contributed by atoms with Gasteiger partial charge < -0.3 is 14.6 Å². The number of benzene rings is 1. The first kappa shape index (κ1) is 9.90. The highest BCUT2D eigenvalue weighted by Gasteiger charge is 2.38. The third-order valence-electron chi connectivity index (χ3n) is 4.98. The fourth-order valence-corrected chi connectivity index (χ4v) is 3.91. The van der Waals surface area contributed by atoms with Gasteiger partial charge in [-0.05, 0) is 54.4 Å². The summed E-state index contributed by atoms with van der Waals surface area (Å²) in [5.74, 6) is -0.136. The molecule has 2 heterocycles. The van der Waals surface area contributed by atoms with Crippen LogP contribution >= 0.6 is 0 Å². The van der Waals surface area contributed by atoms with Crippen molar-refractivity contribution in [1.29, 1.82) is 0 Å². The Hall–Kier alpha value is -1.26. The van der Waals surface area contributed by atoms with Crippen molar-refractivity contribution in [2.24, 2.45) is 11.8 Å². The van der Waals surface area contributed by atoms with Crippen molar-refractivity contribution in [1.82, 2.24) is 4.90 Å². The van der Waals surface area contributed by atoms with E-state index >= 15 is 0 Å². The third-order valence-corrected chi connectivity index (χ3v) is 4.98. The van der Waals surface area contributed by atoms with E-state index in [0.717, 1.165) is 17.5 Å². The van der Waals surface area contributed by atoms with Crippen LogP contribution in [0.1, 0.15) is 53.5 Å². The molecule has 0 amide bonds. The van der Waals surface area contributed by atoms with Gasteiger partial charge in [0, 0.05) is 19.1 Å². The molecule has 0 bridgehead atoms. The summed E-state index contributed by atoms with van der Waals surface area (Å²) < 4.78 is 62.9. The molecule has 1 aromatic rings. The van der Waals surface area contributed by atoms with E-state index in [-0.39, 0.29) is 29.9 Å². The lowest BCUT2D eigenvalue weighted by Gasteiger charge is -2.46. The SMILES string of the molecule is [2H]C([2H])([2H])Oc1cc2c(cc1OC([2H])([2H])[2H])[C@@H]1C[C@@]([2H])(O)[C@@H](CC(C)C)CN1CC2. The van der Waals surface area contributed by atoms with E-state index in [1.165, 1.54) is 12.1 Å². The first-order valence-electron chi connectivity index (χ1n) is 11.7. The second-order valence-electron chi connectivity index (χ2n) is 6.98. The van der Waals surface area contributed by atoms with E-state index < -0.39 is 20.2 Å². The molecule has 1 saturated heterocycles. The second-order valence-corrected chi connectivity index (χ2v) is 6.98. The van der Waals surface area contributed by atoms with Crippen LogP contribution in [0.3, 0.4) is 0 Å². The van der Waals surface area contributed by atoms with E-state index in [0.29, 0.717) is 25.4 Å². The predicted molar refractivity (Wildman–Crippen MR) is 91.1 cm³/mol. The fraction of sp³-hybridized carbons (Fsp3) is 0.684. The molecule has 1 N–H and O–H groups in total. The fourth-order valence-electron chi connectivity index (χ4n) is 3.91. The summed E-state index contributed by atoms with van der Waals surface area (Å²) in [6, 6.07) is 2.74. The lowest BCUT2D eigenvalue weighted by Crippen LogP contribution is -2.48.